The summed E-state index contributed by atoms with van der Waals surface area (Å²) in [5.41, 5.74) is 6.41. The van der Waals surface area contributed by atoms with Crippen LogP contribution in [0.4, 0.5) is 10.1 Å². The molecule has 0 atom stereocenters. The van der Waals surface area contributed by atoms with E-state index in [1.807, 2.05) is 6.07 Å². The third-order valence-corrected chi connectivity index (χ3v) is 1.95. The molecule has 0 unspecified atom stereocenters. The number of nitrogen functional groups attached to an aromatic ring is 1. The quantitative estimate of drug-likeness (QED) is 0.763. The fourth-order valence-corrected chi connectivity index (χ4v) is 1.19. The predicted molar refractivity (Wildman–Crippen MR) is 55.1 cm³/mol. The zero-order valence-electron chi connectivity index (χ0n) is 7.30. The molecule has 4 heteroatoms. The highest BCUT2D eigenvalue weighted by atomic mass is 35.5. The average molecular weight is 211 g/mol. The van der Waals surface area contributed by atoms with Gasteiger partial charge in [-0.2, -0.15) is 5.26 Å². The van der Waals surface area contributed by atoms with E-state index in [2.05, 4.69) is 0 Å². The topological polar surface area (TPSA) is 49.8 Å². The van der Waals surface area contributed by atoms with Crippen molar-refractivity contribution in [2.75, 3.05) is 5.73 Å². The summed E-state index contributed by atoms with van der Waals surface area (Å²) in [6.07, 6.45) is 3.43. The molecule has 1 rings (SSSR count). The van der Waals surface area contributed by atoms with Crippen molar-refractivity contribution in [3.05, 3.63) is 34.6 Å². The highest BCUT2D eigenvalue weighted by molar-refractivity contribution is 6.33. The Morgan fingerprint density at radius 2 is 2.29 bits per heavy atom. The van der Waals surface area contributed by atoms with Gasteiger partial charge >= 0.3 is 0 Å². The van der Waals surface area contributed by atoms with Gasteiger partial charge in [0, 0.05) is 5.56 Å². The lowest BCUT2D eigenvalue weighted by atomic mass is 10.1. The van der Waals surface area contributed by atoms with Crippen molar-refractivity contribution in [3.8, 4) is 6.07 Å². The second-order valence-corrected chi connectivity index (χ2v) is 3.06. The van der Waals surface area contributed by atoms with Gasteiger partial charge in [0.15, 0.2) is 0 Å². The molecule has 0 saturated carbocycles. The van der Waals surface area contributed by atoms with Gasteiger partial charge in [0.25, 0.3) is 0 Å². The van der Waals surface area contributed by atoms with Gasteiger partial charge in [-0.25, -0.2) is 4.39 Å². The van der Waals surface area contributed by atoms with Crippen LogP contribution < -0.4 is 5.73 Å². The molecular formula is C10H8ClFN2. The molecule has 0 spiro atoms. The normalized spacial score (nSPS) is 10.4. The summed E-state index contributed by atoms with van der Waals surface area (Å²) in [4.78, 5) is 0. The minimum atomic E-state index is -0.444. The third kappa shape index (κ3) is 2.48. The fourth-order valence-electron chi connectivity index (χ4n) is 0.981. The number of hydrogen-bond donors (Lipinski definition) is 1. The van der Waals surface area contributed by atoms with Crippen molar-refractivity contribution in [2.45, 2.75) is 6.42 Å². The monoisotopic (exact) mass is 210 g/mol. The van der Waals surface area contributed by atoms with Crippen LogP contribution in [-0.2, 0) is 0 Å². The number of allylic oxidation sites excluding steroid dienone is 1. The summed E-state index contributed by atoms with van der Waals surface area (Å²) in [6.45, 7) is 0. The molecule has 1 aromatic carbocycles. The summed E-state index contributed by atoms with van der Waals surface area (Å²) < 4.78 is 12.9. The lowest BCUT2D eigenvalue weighted by molar-refractivity contribution is 0.628. The summed E-state index contributed by atoms with van der Waals surface area (Å²) in [5.74, 6) is -0.444. The van der Waals surface area contributed by atoms with Crippen LogP contribution >= 0.6 is 11.6 Å². The molecule has 0 aliphatic rings. The number of anilines is 1. The first-order chi connectivity index (χ1) is 6.65. The Hall–Kier alpha value is -1.53. The summed E-state index contributed by atoms with van der Waals surface area (Å²) in [6, 6.07) is 4.36. The van der Waals surface area contributed by atoms with Gasteiger partial charge in [-0.15, -0.1) is 0 Å². The number of rotatable bonds is 2. The van der Waals surface area contributed by atoms with E-state index in [9.17, 15) is 4.39 Å². The Bertz CT molecular complexity index is 407. The number of hydrogen-bond acceptors (Lipinski definition) is 2. The number of benzene rings is 1. The largest absolute Gasteiger partial charge is 0.397 e. The Labute approximate surface area is 86.4 Å². The van der Waals surface area contributed by atoms with Gasteiger partial charge in [0.05, 0.1) is 23.2 Å². The highest BCUT2D eigenvalue weighted by Crippen LogP contribution is 2.25. The van der Waals surface area contributed by atoms with E-state index in [0.717, 1.165) is 6.07 Å². The molecule has 1 aromatic rings. The van der Waals surface area contributed by atoms with Crippen LogP contribution in [0.2, 0.25) is 5.02 Å². The molecular weight excluding hydrogens is 203 g/mol. The molecule has 2 N–H and O–H groups in total. The van der Waals surface area contributed by atoms with Gasteiger partial charge in [-0.3, -0.25) is 0 Å². The molecule has 0 radical (unpaired) electrons. The Morgan fingerprint density at radius 1 is 1.57 bits per heavy atom. The number of nitrogens with zero attached hydrogens (tertiary/aromatic N) is 1. The van der Waals surface area contributed by atoms with Crippen LogP contribution in [-0.4, -0.2) is 0 Å². The summed E-state index contributed by atoms with van der Waals surface area (Å²) >= 11 is 5.67. The zero-order valence-corrected chi connectivity index (χ0v) is 8.05. The third-order valence-electron chi connectivity index (χ3n) is 1.63. The Morgan fingerprint density at radius 3 is 2.93 bits per heavy atom. The van der Waals surface area contributed by atoms with E-state index in [4.69, 9.17) is 22.6 Å². The Kier molecular flexibility index (Phi) is 3.49. The second kappa shape index (κ2) is 4.64. The smallest absolute Gasteiger partial charge is 0.125 e. The van der Waals surface area contributed by atoms with Crippen LogP contribution in [0, 0.1) is 17.1 Å². The molecule has 2 nitrogen and oxygen atoms in total. The van der Waals surface area contributed by atoms with Crippen LogP contribution in [0.15, 0.2) is 18.2 Å². The standard InChI is InChI=1S/C10H8ClFN2/c11-9-6-8(12)5-7(10(9)14)3-1-2-4-13/h1,3,5-6H,2,14H2. The highest BCUT2D eigenvalue weighted by Gasteiger charge is 2.03. The number of halogens is 2. The van der Waals surface area contributed by atoms with E-state index in [-0.39, 0.29) is 11.4 Å². The molecule has 0 bridgehead atoms. The lowest BCUT2D eigenvalue weighted by Crippen LogP contribution is -1.92. The lowest BCUT2D eigenvalue weighted by Gasteiger charge is -2.02. The minimum Gasteiger partial charge on any atom is -0.397 e. The van der Waals surface area contributed by atoms with Crippen molar-refractivity contribution < 1.29 is 4.39 Å². The SMILES string of the molecule is N#CCC=Cc1cc(F)cc(Cl)c1N. The van der Waals surface area contributed by atoms with Crippen LogP contribution in [0.25, 0.3) is 6.08 Å². The number of nitriles is 1. The first kappa shape index (κ1) is 10.6. The van der Waals surface area contributed by atoms with Gasteiger partial charge in [-0.05, 0) is 12.1 Å². The molecule has 0 aliphatic heterocycles. The minimum absolute atomic E-state index is 0.182. The van der Waals surface area contributed by atoms with Crippen molar-refractivity contribution in [1.29, 1.82) is 5.26 Å². The van der Waals surface area contributed by atoms with Gasteiger partial charge in [0.2, 0.25) is 0 Å². The van der Waals surface area contributed by atoms with Gasteiger partial charge in [0.1, 0.15) is 5.82 Å². The van der Waals surface area contributed by atoms with Crippen LogP contribution in [0.3, 0.4) is 0 Å². The molecule has 0 saturated heterocycles. The fraction of sp³-hybridized carbons (Fsp3) is 0.100. The van der Waals surface area contributed by atoms with E-state index in [1.165, 1.54) is 6.07 Å². The first-order valence-electron chi connectivity index (χ1n) is 3.93. The molecule has 14 heavy (non-hydrogen) atoms. The average Bonchev–Trinajstić information content (AvgIpc) is 2.13. The van der Waals surface area contributed by atoms with E-state index in [1.54, 1.807) is 12.2 Å². The molecule has 0 aliphatic carbocycles. The van der Waals surface area contributed by atoms with Crippen molar-refractivity contribution >= 4 is 23.4 Å². The summed E-state index contributed by atoms with van der Waals surface area (Å²) in [5, 5.41) is 8.47. The van der Waals surface area contributed by atoms with Crippen molar-refractivity contribution in [2.24, 2.45) is 0 Å². The van der Waals surface area contributed by atoms with Gasteiger partial charge < -0.3 is 5.73 Å². The maximum Gasteiger partial charge on any atom is 0.125 e. The molecule has 0 amide bonds. The maximum atomic E-state index is 12.9. The van der Waals surface area contributed by atoms with Crippen molar-refractivity contribution in [1.82, 2.24) is 0 Å². The number of nitrogens with two attached hydrogens (primary N) is 1. The second-order valence-electron chi connectivity index (χ2n) is 2.66. The van der Waals surface area contributed by atoms with E-state index < -0.39 is 5.82 Å². The first-order valence-corrected chi connectivity index (χ1v) is 4.31. The van der Waals surface area contributed by atoms with Gasteiger partial charge in [-0.1, -0.05) is 23.8 Å². The van der Waals surface area contributed by atoms with Crippen LogP contribution in [0.1, 0.15) is 12.0 Å². The summed E-state index contributed by atoms with van der Waals surface area (Å²) in [7, 11) is 0. The van der Waals surface area contributed by atoms with Crippen LogP contribution in [0.5, 0.6) is 0 Å². The molecule has 0 heterocycles. The zero-order chi connectivity index (χ0) is 10.6. The van der Waals surface area contributed by atoms with Crippen molar-refractivity contribution in [3.63, 3.8) is 0 Å². The molecule has 0 aromatic heterocycles. The predicted octanol–water partition coefficient (Wildman–Crippen LogP) is 2.99. The van der Waals surface area contributed by atoms with E-state index in [0.29, 0.717) is 11.3 Å². The maximum absolute atomic E-state index is 12.9. The molecule has 0 fully saturated rings. The Balaban J connectivity index is 3.03. The van der Waals surface area contributed by atoms with E-state index >= 15 is 0 Å². The molecule has 72 valence electrons.